The van der Waals surface area contributed by atoms with Crippen LogP contribution in [0.1, 0.15) is 52.0 Å². The first-order valence-corrected chi connectivity index (χ1v) is 8.28. The van der Waals surface area contributed by atoms with Crippen LogP contribution in [0.5, 0.6) is 0 Å². The van der Waals surface area contributed by atoms with Crippen LogP contribution >= 0.6 is 0 Å². The first-order chi connectivity index (χ1) is 12.5. The Balaban J connectivity index is 2.48. The number of carbonyl (C=O) groups is 3. The lowest BCUT2D eigenvalue weighted by Crippen LogP contribution is -2.17. The summed E-state index contributed by atoms with van der Waals surface area (Å²) < 4.78 is 11.8. The van der Waals surface area contributed by atoms with Gasteiger partial charge in [0.15, 0.2) is 11.4 Å². The molecule has 134 valence electrons. The SMILES string of the molecule is CCOC(=O)c1c2ccccc2n2c(C(=O)OCC)c(C(C)=O)cnc12. The van der Waals surface area contributed by atoms with Crippen LogP contribution in [0.25, 0.3) is 16.6 Å². The lowest BCUT2D eigenvalue weighted by molar-refractivity contribution is 0.0508. The van der Waals surface area contributed by atoms with Crippen molar-refractivity contribution in [1.29, 1.82) is 0 Å². The van der Waals surface area contributed by atoms with Crippen LogP contribution in [-0.2, 0) is 9.47 Å². The minimum atomic E-state index is -0.652. The quantitative estimate of drug-likeness (QED) is 0.517. The van der Waals surface area contributed by atoms with Gasteiger partial charge in [0, 0.05) is 11.6 Å². The van der Waals surface area contributed by atoms with Crippen LogP contribution in [0.15, 0.2) is 30.5 Å². The maximum atomic E-state index is 12.6. The number of Topliss-reactive ketones (excluding diaryl/α,β-unsaturated/α-hetero) is 1. The van der Waals surface area contributed by atoms with E-state index in [-0.39, 0.29) is 41.5 Å². The van der Waals surface area contributed by atoms with Gasteiger partial charge < -0.3 is 9.47 Å². The summed E-state index contributed by atoms with van der Waals surface area (Å²) in [5.41, 5.74) is 1.26. The summed E-state index contributed by atoms with van der Waals surface area (Å²) >= 11 is 0. The molecule has 0 aliphatic carbocycles. The molecule has 0 amide bonds. The van der Waals surface area contributed by atoms with Crippen LogP contribution in [-0.4, -0.2) is 40.3 Å². The lowest BCUT2D eigenvalue weighted by atomic mass is 10.1. The number of aromatic nitrogens is 2. The molecule has 0 atom stereocenters. The maximum Gasteiger partial charge on any atom is 0.356 e. The van der Waals surface area contributed by atoms with E-state index in [1.54, 1.807) is 38.1 Å². The van der Waals surface area contributed by atoms with Gasteiger partial charge >= 0.3 is 11.9 Å². The summed E-state index contributed by atoms with van der Waals surface area (Å²) in [5.74, 6) is -1.51. The second-order valence-electron chi connectivity index (χ2n) is 5.57. The van der Waals surface area contributed by atoms with Crippen molar-refractivity contribution < 1.29 is 23.9 Å². The smallest absolute Gasteiger partial charge is 0.356 e. The van der Waals surface area contributed by atoms with Crippen LogP contribution in [0.3, 0.4) is 0 Å². The molecule has 0 aliphatic heterocycles. The van der Waals surface area contributed by atoms with Gasteiger partial charge in [0.05, 0.1) is 24.3 Å². The minimum absolute atomic E-state index is 0.0519. The molecular weight excluding hydrogens is 336 g/mol. The summed E-state index contributed by atoms with van der Waals surface area (Å²) in [6.45, 7) is 5.11. The molecule has 0 saturated heterocycles. The summed E-state index contributed by atoms with van der Waals surface area (Å²) in [7, 11) is 0. The minimum Gasteiger partial charge on any atom is -0.462 e. The highest BCUT2D eigenvalue weighted by Crippen LogP contribution is 2.29. The standard InChI is InChI=1S/C19H18N2O5/c1-4-25-18(23)15-12-8-6-7-9-14(12)21-16(19(24)26-5-2)13(11(3)22)10-20-17(15)21/h6-10H,4-5H2,1-3H3. The highest BCUT2D eigenvalue weighted by atomic mass is 16.5. The highest BCUT2D eigenvalue weighted by Gasteiger charge is 2.27. The predicted octanol–water partition coefficient (Wildman–Crippen LogP) is 3.04. The van der Waals surface area contributed by atoms with E-state index >= 15 is 0 Å². The number of benzene rings is 1. The Morgan fingerprint density at radius 3 is 2.35 bits per heavy atom. The largest absolute Gasteiger partial charge is 0.462 e. The molecule has 1 aromatic carbocycles. The van der Waals surface area contributed by atoms with E-state index in [0.717, 1.165) is 0 Å². The Morgan fingerprint density at radius 1 is 1.04 bits per heavy atom. The van der Waals surface area contributed by atoms with Crippen LogP contribution < -0.4 is 0 Å². The van der Waals surface area contributed by atoms with Crippen molar-refractivity contribution in [1.82, 2.24) is 9.38 Å². The van der Waals surface area contributed by atoms with Gasteiger partial charge in [-0.25, -0.2) is 14.6 Å². The van der Waals surface area contributed by atoms with E-state index in [2.05, 4.69) is 4.98 Å². The maximum absolute atomic E-state index is 12.6. The first kappa shape index (κ1) is 17.6. The molecule has 0 fully saturated rings. The van der Waals surface area contributed by atoms with E-state index in [9.17, 15) is 14.4 Å². The summed E-state index contributed by atoms with van der Waals surface area (Å²) in [4.78, 5) is 41.4. The number of carbonyl (C=O) groups excluding carboxylic acids is 3. The van der Waals surface area contributed by atoms with E-state index in [1.807, 2.05) is 0 Å². The molecule has 0 unspecified atom stereocenters. The Labute approximate surface area is 149 Å². The van der Waals surface area contributed by atoms with Crippen molar-refractivity contribution in [3.63, 3.8) is 0 Å². The molecule has 0 radical (unpaired) electrons. The Bertz CT molecular complexity index is 1040. The molecule has 2 aromatic heterocycles. The first-order valence-electron chi connectivity index (χ1n) is 8.28. The molecule has 2 heterocycles. The Hall–Kier alpha value is -3.22. The van der Waals surface area contributed by atoms with E-state index in [1.165, 1.54) is 17.5 Å². The van der Waals surface area contributed by atoms with Crippen molar-refractivity contribution in [2.24, 2.45) is 0 Å². The zero-order valence-corrected chi connectivity index (χ0v) is 14.7. The molecule has 3 rings (SSSR count). The number of rotatable bonds is 5. The third kappa shape index (κ3) is 2.71. The fourth-order valence-electron chi connectivity index (χ4n) is 2.95. The van der Waals surface area contributed by atoms with Gasteiger partial charge in [-0.15, -0.1) is 0 Å². The van der Waals surface area contributed by atoms with Gasteiger partial charge in [-0.1, -0.05) is 18.2 Å². The second kappa shape index (κ2) is 6.95. The molecule has 3 aromatic rings. The molecule has 26 heavy (non-hydrogen) atoms. The topological polar surface area (TPSA) is 87.0 Å². The average Bonchev–Trinajstić information content (AvgIpc) is 2.95. The average molecular weight is 354 g/mol. The normalized spacial score (nSPS) is 10.9. The monoisotopic (exact) mass is 354 g/mol. The number of hydrogen-bond donors (Lipinski definition) is 0. The fourth-order valence-corrected chi connectivity index (χ4v) is 2.95. The van der Waals surface area contributed by atoms with Gasteiger partial charge in [0.1, 0.15) is 11.3 Å². The lowest BCUT2D eigenvalue weighted by Gasteiger charge is -2.10. The number of nitrogens with zero attached hydrogens (tertiary/aromatic N) is 2. The zero-order valence-electron chi connectivity index (χ0n) is 14.7. The van der Waals surface area contributed by atoms with Crippen molar-refractivity contribution in [3.8, 4) is 0 Å². The van der Waals surface area contributed by atoms with E-state index < -0.39 is 11.9 Å². The van der Waals surface area contributed by atoms with Gasteiger partial charge in [-0.3, -0.25) is 9.20 Å². The number of para-hydroxylation sites is 1. The number of ether oxygens (including phenoxy) is 2. The number of fused-ring (bicyclic) bond motifs is 3. The fraction of sp³-hybridized carbons (Fsp3) is 0.263. The van der Waals surface area contributed by atoms with E-state index in [0.29, 0.717) is 10.9 Å². The summed E-state index contributed by atoms with van der Waals surface area (Å²) in [5, 5.41) is 0.588. The third-order valence-corrected chi connectivity index (χ3v) is 3.97. The zero-order chi connectivity index (χ0) is 18.8. The molecule has 7 nitrogen and oxygen atoms in total. The number of hydrogen-bond acceptors (Lipinski definition) is 6. The molecule has 0 N–H and O–H groups in total. The molecular formula is C19H18N2O5. The Kier molecular flexibility index (Phi) is 4.71. The second-order valence-corrected chi connectivity index (χ2v) is 5.57. The van der Waals surface area contributed by atoms with Gasteiger partial charge in [0.2, 0.25) is 0 Å². The van der Waals surface area contributed by atoms with Crippen LogP contribution in [0.4, 0.5) is 0 Å². The number of esters is 2. The van der Waals surface area contributed by atoms with Crippen molar-refractivity contribution in [2.45, 2.75) is 20.8 Å². The molecule has 7 heteroatoms. The van der Waals surface area contributed by atoms with Crippen molar-refractivity contribution in [2.75, 3.05) is 13.2 Å². The third-order valence-electron chi connectivity index (χ3n) is 3.97. The highest BCUT2D eigenvalue weighted by molar-refractivity contribution is 6.13. The number of ketones is 1. The van der Waals surface area contributed by atoms with Gasteiger partial charge in [-0.2, -0.15) is 0 Å². The molecule has 0 saturated carbocycles. The van der Waals surface area contributed by atoms with Crippen molar-refractivity contribution >= 4 is 34.3 Å². The molecule has 0 bridgehead atoms. The van der Waals surface area contributed by atoms with Gasteiger partial charge in [0.25, 0.3) is 0 Å². The molecule has 0 aliphatic rings. The van der Waals surface area contributed by atoms with Crippen molar-refractivity contribution in [3.05, 3.63) is 47.3 Å². The predicted molar refractivity (Wildman–Crippen MR) is 94.6 cm³/mol. The van der Waals surface area contributed by atoms with E-state index in [4.69, 9.17) is 9.47 Å². The molecule has 0 spiro atoms. The van der Waals surface area contributed by atoms with Crippen LogP contribution in [0.2, 0.25) is 0 Å². The summed E-state index contributed by atoms with van der Waals surface area (Å²) in [6, 6.07) is 7.05. The van der Waals surface area contributed by atoms with Gasteiger partial charge in [-0.05, 0) is 26.8 Å². The van der Waals surface area contributed by atoms with Crippen LogP contribution in [0, 0.1) is 0 Å². The Morgan fingerprint density at radius 2 is 1.69 bits per heavy atom. The summed E-state index contributed by atoms with van der Waals surface area (Å²) in [6.07, 6.45) is 1.30.